The van der Waals surface area contributed by atoms with Gasteiger partial charge in [0, 0.05) is 27.9 Å². The second-order valence-electron chi connectivity index (χ2n) is 9.86. The van der Waals surface area contributed by atoms with E-state index in [1.807, 2.05) is 58.3 Å². The zero-order chi connectivity index (χ0) is 26.9. The summed E-state index contributed by atoms with van der Waals surface area (Å²) in [5.74, 6) is 1.28. The monoisotopic (exact) mass is 534 g/mol. The SMILES string of the molecule is COc1ccc(CCN(Cc2ccc(C)s2)C(=O)CN(C(=O)c2ccccc2)C2CCCCC2)cc1OC. The van der Waals surface area contributed by atoms with Crippen molar-refractivity contribution in [2.45, 2.75) is 58.0 Å². The van der Waals surface area contributed by atoms with Gasteiger partial charge in [0.1, 0.15) is 6.54 Å². The molecule has 0 aliphatic heterocycles. The molecule has 2 aromatic carbocycles. The molecule has 0 bridgehead atoms. The highest BCUT2D eigenvalue weighted by Crippen LogP contribution is 2.28. The van der Waals surface area contributed by atoms with Crippen LogP contribution in [-0.2, 0) is 17.8 Å². The number of ether oxygens (including phenoxy) is 2. The molecule has 0 atom stereocenters. The first-order valence-electron chi connectivity index (χ1n) is 13.4. The molecule has 1 fully saturated rings. The fourth-order valence-electron chi connectivity index (χ4n) is 5.10. The standard InChI is InChI=1S/C31H38N2O4S/c1-23-14-16-27(38-23)21-32(19-18-24-15-17-28(36-2)29(20-24)37-3)30(34)22-33(26-12-8-5-9-13-26)31(35)25-10-6-4-7-11-25/h4,6-7,10-11,14-17,20,26H,5,8-9,12-13,18-19,21-22H2,1-3H3. The van der Waals surface area contributed by atoms with Crippen molar-refractivity contribution in [3.8, 4) is 11.5 Å². The number of hydrogen-bond donors (Lipinski definition) is 0. The first-order chi connectivity index (χ1) is 18.5. The van der Waals surface area contributed by atoms with Gasteiger partial charge in [-0.1, -0.05) is 43.5 Å². The number of rotatable bonds is 11. The maximum atomic E-state index is 13.9. The van der Waals surface area contributed by atoms with Gasteiger partial charge >= 0.3 is 0 Å². The molecular weight excluding hydrogens is 496 g/mol. The van der Waals surface area contributed by atoms with E-state index in [1.54, 1.807) is 25.6 Å². The van der Waals surface area contributed by atoms with E-state index in [0.717, 1.165) is 36.1 Å². The van der Waals surface area contributed by atoms with Crippen molar-refractivity contribution in [2.24, 2.45) is 0 Å². The summed E-state index contributed by atoms with van der Waals surface area (Å²) in [6.07, 6.45) is 5.94. The first-order valence-corrected chi connectivity index (χ1v) is 14.2. The number of thiophene rings is 1. The predicted molar refractivity (Wildman–Crippen MR) is 152 cm³/mol. The van der Waals surface area contributed by atoms with Crippen LogP contribution in [0.1, 0.15) is 57.8 Å². The van der Waals surface area contributed by atoms with Crippen LogP contribution in [-0.4, -0.2) is 55.0 Å². The van der Waals surface area contributed by atoms with Gasteiger partial charge in [-0.25, -0.2) is 0 Å². The molecule has 1 aromatic heterocycles. The van der Waals surface area contributed by atoms with Crippen molar-refractivity contribution in [3.05, 3.63) is 81.5 Å². The molecule has 0 N–H and O–H groups in total. The molecule has 1 heterocycles. The molecule has 202 valence electrons. The molecule has 38 heavy (non-hydrogen) atoms. The number of carbonyl (C=O) groups excluding carboxylic acids is 2. The summed E-state index contributed by atoms with van der Waals surface area (Å²) in [5, 5.41) is 0. The van der Waals surface area contributed by atoms with Gasteiger partial charge in [0.25, 0.3) is 5.91 Å². The molecule has 0 saturated heterocycles. The van der Waals surface area contributed by atoms with Crippen LogP contribution in [0.25, 0.3) is 0 Å². The van der Waals surface area contributed by atoms with Gasteiger partial charge in [-0.05, 0) is 68.1 Å². The lowest BCUT2D eigenvalue weighted by Gasteiger charge is -2.35. The predicted octanol–water partition coefficient (Wildman–Crippen LogP) is 6.12. The van der Waals surface area contributed by atoms with E-state index in [0.29, 0.717) is 36.6 Å². The summed E-state index contributed by atoms with van der Waals surface area (Å²) >= 11 is 1.71. The Hall–Kier alpha value is -3.32. The largest absolute Gasteiger partial charge is 0.493 e. The van der Waals surface area contributed by atoms with Gasteiger partial charge in [0.15, 0.2) is 11.5 Å². The van der Waals surface area contributed by atoms with Crippen molar-refractivity contribution < 1.29 is 19.1 Å². The highest BCUT2D eigenvalue weighted by atomic mass is 32.1. The van der Waals surface area contributed by atoms with Crippen molar-refractivity contribution in [1.29, 1.82) is 0 Å². The maximum absolute atomic E-state index is 13.9. The molecule has 0 radical (unpaired) electrons. The van der Waals surface area contributed by atoms with Crippen LogP contribution >= 0.6 is 11.3 Å². The lowest BCUT2D eigenvalue weighted by molar-refractivity contribution is -0.133. The molecule has 0 unspecified atom stereocenters. The van der Waals surface area contributed by atoms with Crippen LogP contribution in [0.5, 0.6) is 11.5 Å². The molecule has 1 aliphatic carbocycles. The minimum Gasteiger partial charge on any atom is -0.493 e. The highest BCUT2D eigenvalue weighted by Gasteiger charge is 2.30. The number of nitrogens with zero attached hydrogens (tertiary/aromatic N) is 2. The molecule has 1 saturated carbocycles. The minimum atomic E-state index is -0.0577. The Balaban J connectivity index is 1.54. The smallest absolute Gasteiger partial charge is 0.254 e. The molecule has 2 amide bonds. The zero-order valence-electron chi connectivity index (χ0n) is 22.7. The Morgan fingerprint density at radius 1 is 0.921 bits per heavy atom. The number of carbonyl (C=O) groups is 2. The normalized spacial score (nSPS) is 13.7. The van der Waals surface area contributed by atoms with E-state index < -0.39 is 0 Å². The summed E-state index contributed by atoms with van der Waals surface area (Å²) in [7, 11) is 3.25. The molecule has 1 aliphatic rings. The Morgan fingerprint density at radius 2 is 1.66 bits per heavy atom. The van der Waals surface area contributed by atoms with E-state index >= 15 is 0 Å². The summed E-state index contributed by atoms with van der Waals surface area (Å²) in [4.78, 5) is 33.6. The quantitative estimate of drug-likeness (QED) is 0.297. The molecular formula is C31H38N2O4S. The zero-order valence-corrected chi connectivity index (χ0v) is 23.5. The van der Waals surface area contributed by atoms with Crippen LogP contribution in [0, 0.1) is 6.92 Å². The number of hydrogen-bond acceptors (Lipinski definition) is 5. The van der Waals surface area contributed by atoms with Crippen molar-refractivity contribution in [3.63, 3.8) is 0 Å². The average molecular weight is 535 g/mol. The Morgan fingerprint density at radius 3 is 2.32 bits per heavy atom. The lowest BCUT2D eigenvalue weighted by atomic mass is 9.93. The Bertz CT molecular complexity index is 1200. The van der Waals surface area contributed by atoms with Crippen LogP contribution in [0.3, 0.4) is 0 Å². The highest BCUT2D eigenvalue weighted by molar-refractivity contribution is 7.11. The van der Waals surface area contributed by atoms with E-state index in [2.05, 4.69) is 19.1 Å². The van der Waals surface area contributed by atoms with Gasteiger partial charge in [0.05, 0.1) is 20.8 Å². The van der Waals surface area contributed by atoms with Gasteiger partial charge in [-0.3, -0.25) is 9.59 Å². The fraction of sp³-hybridized carbons (Fsp3) is 0.419. The van der Waals surface area contributed by atoms with Crippen LogP contribution < -0.4 is 9.47 Å². The minimum absolute atomic E-state index is 0.0219. The second kappa shape index (κ2) is 13.5. The fourth-order valence-corrected chi connectivity index (χ4v) is 6.01. The third kappa shape index (κ3) is 7.16. The Labute approximate surface area is 230 Å². The summed E-state index contributed by atoms with van der Waals surface area (Å²) < 4.78 is 10.8. The third-order valence-electron chi connectivity index (χ3n) is 7.22. The average Bonchev–Trinajstić information content (AvgIpc) is 3.38. The van der Waals surface area contributed by atoms with E-state index in [1.165, 1.54) is 11.3 Å². The van der Waals surface area contributed by atoms with Crippen LogP contribution in [0.2, 0.25) is 0 Å². The van der Waals surface area contributed by atoms with Crippen molar-refractivity contribution in [1.82, 2.24) is 9.80 Å². The van der Waals surface area contributed by atoms with E-state index in [9.17, 15) is 9.59 Å². The second-order valence-corrected chi connectivity index (χ2v) is 11.2. The van der Waals surface area contributed by atoms with Crippen LogP contribution in [0.15, 0.2) is 60.7 Å². The number of benzene rings is 2. The lowest BCUT2D eigenvalue weighted by Crippen LogP contribution is -2.48. The molecule has 4 rings (SSSR count). The van der Waals surface area contributed by atoms with Crippen LogP contribution in [0.4, 0.5) is 0 Å². The molecule has 6 nitrogen and oxygen atoms in total. The van der Waals surface area contributed by atoms with Crippen molar-refractivity contribution in [2.75, 3.05) is 27.3 Å². The first kappa shape index (κ1) is 27.7. The van der Waals surface area contributed by atoms with Gasteiger partial charge in [-0.15, -0.1) is 11.3 Å². The van der Waals surface area contributed by atoms with Gasteiger partial charge in [0.2, 0.25) is 5.91 Å². The summed E-state index contributed by atoms with van der Waals surface area (Å²) in [5.41, 5.74) is 1.70. The number of amides is 2. The third-order valence-corrected chi connectivity index (χ3v) is 8.20. The topological polar surface area (TPSA) is 59.1 Å². The van der Waals surface area contributed by atoms with E-state index in [4.69, 9.17) is 9.47 Å². The Kier molecular flexibility index (Phi) is 9.82. The van der Waals surface area contributed by atoms with Gasteiger partial charge < -0.3 is 19.3 Å². The van der Waals surface area contributed by atoms with E-state index in [-0.39, 0.29) is 24.4 Å². The van der Waals surface area contributed by atoms with Gasteiger partial charge in [-0.2, -0.15) is 0 Å². The maximum Gasteiger partial charge on any atom is 0.254 e. The number of aryl methyl sites for hydroxylation is 1. The summed E-state index contributed by atoms with van der Waals surface area (Å²) in [6, 6.07) is 19.5. The number of methoxy groups -OCH3 is 2. The van der Waals surface area contributed by atoms with Crippen molar-refractivity contribution >= 4 is 23.2 Å². The summed E-state index contributed by atoms with van der Waals surface area (Å²) in [6.45, 7) is 3.24. The molecule has 3 aromatic rings. The molecule has 0 spiro atoms. The molecule has 7 heteroatoms.